The van der Waals surface area contributed by atoms with Crippen molar-refractivity contribution in [3.05, 3.63) is 85.0 Å². The number of rotatable bonds is 5. The fourth-order valence-electron chi connectivity index (χ4n) is 2.75. The topological polar surface area (TPSA) is 111 Å². The number of nitrogens with one attached hydrogen (secondary N) is 1. The van der Waals surface area contributed by atoms with Crippen LogP contribution >= 0.6 is 35.0 Å². The summed E-state index contributed by atoms with van der Waals surface area (Å²) >= 11 is 13.5. The molecular weight excluding hydrogens is 473 g/mol. The Morgan fingerprint density at radius 1 is 1.03 bits per heavy atom. The molecule has 0 radical (unpaired) electrons. The number of Topliss-reactive ketones (excluding diaryl/α,β-unsaturated/α-hetero) is 1. The predicted molar refractivity (Wildman–Crippen MR) is 132 cm³/mol. The molecule has 3 N–H and O–H groups in total. The molecule has 0 aliphatic rings. The van der Waals surface area contributed by atoms with Gasteiger partial charge in [0.2, 0.25) is 0 Å². The minimum Gasteiger partial charge on any atom is -0.384 e. The average Bonchev–Trinajstić information content (AvgIpc) is 2.77. The second kappa shape index (κ2) is 10.1. The molecule has 0 saturated heterocycles. The van der Waals surface area contributed by atoms with Crippen LogP contribution in [0.2, 0.25) is 10.0 Å². The third kappa shape index (κ3) is 5.07. The Morgan fingerprint density at radius 3 is 2.31 bits per heavy atom. The molecule has 0 atom stereocenters. The molecule has 1 heterocycles. The maximum absolute atomic E-state index is 12.9. The van der Waals surface area contributed by atoms with Crippen LogP contribution in [0.3, 0.4) is 0 Å². The molecule has 0 unspecified atom stereocenters. The third-order valence-corrected chi connectivity index (χ3v) is 6.04. The number of halogens is 2. The molecule has 0 fully saturated rings. The first-order valence-corrected chi connectivity index (χ1v) is 11.0. The molecule has 2 aromatic carbocycles. The summed E-state index contributed by atoms with van der Waals surface area (Å²) in [5.41, 5.74) is 5.34. The van der Waals surface area contributed by atoms with Crippen molar-refractivity contribution in [1.29, 1.82) is 0 Å². The first-order valence-electron chi connectivity index (χ1n) is 9.27. The lowest BCUT2D eigenvalue weighted by Gasteiger charge is -2.13. The Bertz CT molecular complexity index is 1330. The van der Waals surface area contributed by atoms with Crippen molar-refractivity contribution in [2.24, 2.45) is 19.1 Å². The normalized spacial score (nSPS) is 11.4. The van der Waals surface area contributed by atoms with Gasteiger partial charge in [0.1, 0.15) is 11.4 Å². The predicted octanol–water partition coefficient (Wildman–Crippen LogP) is 3.69. The van der Waals surface area contributed by atoms with Crippen LogP contribution in [0.4, 0.5) is 17.2 Å². The van der Waals surface area contributed by atoms with Crippen molar-refractivity contribution >= 4 is 63.1 Å². The lowest BCUT2D eigenvalue weighted by atomic mass is 10.2. The molecule has 0 bridgehead atoms. The van der Waals surface area contributed by atoms with Crippen LogP contribution in [0.25, 0.3) is 0 Å². The molecule has 3 rings (SSSR count). The van der Waals surface area contributed by atoms with Crippen molar-refractivity contribution in [2.75, 3.05) is 16.8 Å². The Kier molecular flexibility index (Phi) is 7.44. The number of amidine groups is 1. The molecule has 0 aliphatic heterocycles. The molecule has 1 aromatic heterocycles. The van der Waals surface area contributed by atoms with E-state index in [4.69, 9.17) is 28.9 Å². The summed E-state index contributed by atoms with van der Waals surface area (Å²) in [6, 6.07) is 14.0. The van der Waals surface area contributed by atoms with Crippen LogP contribution in [0, 0.1) is 0 Å². The highest BCUT2D eigenvalue weighted by molar-refractivity contribution is 8.14. The highest BCUT2D eigenvalue weighted by Gasteiger charge is 2.21. The van der Waals surface area contributed by atoms with E-state index in [0.29, 0.717) is 26.6 Å². The number of thioether (sulfide) groups is 1. The summed E-state index contributed by atoms with van der Waals surface area (Å²) in [6.07, 6.45) is 0. The standard InChI is InChI=1S/C21H19Cl2N5O3S/c1-27-18(24)17(19(30)28(2)21(27)31)16(29)11-32-20(25-14-9-5-3-7-12(14)22)26-15-10-6-4-8-13(15)23/h3-10H,11,24H2,1-2H3,(H,25,26). The van der Waals surface area contributed by atoms with E-state index in [9.17, 15) is 14.4 Å². The molecule has 8 nitrogen and oxygen atoms in total. The summed E-state index contributed by atoms with van der Waals surface area (Å²) in [5.74, 6) is -0.901. The van der Waals surface area contributed by atoms with Gasteiger partial charge in [-0.15, -0.1) is 0 Å². The van der Waals surface area contributed by atoms with E-state index in [0.717, 1.165) is 20.9 Å². The van der Waals surface area contributed by atoms with Gasteiger partial charge in [0.25, 0.3) is 5.56 Å². The van der Waals surface area contributed by atoms with Crippen molar-refractivity contribution in [3.8, 4) is 0 Å². The molecule has 32 heavy (non-hydrogen) atoms. The smallest absolute Gasteiger partial charge is 0.332 e. The van der Waals surface area contributed by atoms with E-state index < -0.39 is 17.0 Å². The number of carbonyl (C=O) groups excluding carboxylic acids is 1. The van der Waals surface area contributed by atoms with Crippen LogP contribution in [0.15, 0.2) is 63.1 Å². The molecular formula is C21H19Cl2N5O3S. The Morgan fingerprint density at radius 2 is 1.66 bits per heavy atom. The fraction of sp³-hybridized carbons (Fsp3) is 0.143. The summed E-state index contributed by atoms with van der Waals surface area (Å²) < 4.78 is 1.90. The number of carbonyl (C=O) groups is 1. The third-order valence-electron chi connectivity index (χ3n) is 4.52. The average molecular weight is 492 g/mol. The Hall–Kier alpha value is -3.01. The van der Waals surface area contributed by atoms with Gasteiger partial charge < -0.3 is 11.1 Å². The molecule has 3 aromatic rings. The number of hydrogen-bond donors (Lipinski definition) is 2. The number of benzene rings is 2. The molecule has 166 valence electrons. The Balaban J connectivity index is 1.94. The summed E-state index contributed by atoms with van der Waals surface area (Å²) in [5, 5.41) is 4.31. The fourth-order valence-corrected chi connectivity index (χ4v) is 3.87. The summed E-state index contributed by atoms with van der Waals surface area (Å²) in [6.45, 7) is 0. The van der Waals surface area contributed by atoms with Crippen LogP contribution in [0.5, 0.6) is 0 Å². The van der Waals surface area contributed by atoms with Gasteiger partial charge in [-0.25, -0.2) is 9.79 Å². The van der Waals surface area contributed by atoms with E-state index in [1.54, 1.807) is 48.5 Å². The van der Waals surface area contributed by atoms with Gasteiger partial charge in [0.15, 0.2) is 11.0 Å². The lowest BCUT2D eigenvalue weighted by molar-refractivity contribution is 0.102. The number of aromatic nitrogens is 2. The van der Waals surface area contributed by atoms with Crippen molar-refractivity contribution in [1.82, 2.24) is 9.13 Å². The number of aliphatic imine (C=N–C) groups is 1. The zero-order valence-corrected chi connectivity index (χ0v) is 19.5. The van der Waals surface area contributed by atoms with E-state index in [1.807, 2.05) is 0 Å². The van der Waals surface area contributed by atoms with Gasteiger partial charge in [0.05, 0.1) is 27.2 Å². The van der Waals surface area contributed by atoms with Gasteiger partial charge in [-0.1, -0.05) is 59.2 Å². The van der Waals surface area contributed by atoms with E-state index in [-0.39, 0.29) is 17.1 Å². The first-order chi connectivity index (χ1) is 15.2. The van der Waals surface area contributed by atoms with Crippen molar-refractivity contribution in [2.45, 2.75) is 0 Å². The highest BCUT2D eigenvalue weighted by atomic mass is 35.5. The maximum Gasteiger partial charge on any atom is 0.332 e. The molecule has 11 heteroatoms. The van der Waals surface area contributed by atoms with Crippen molar-refractivity contribution in [3.63, 3.8) is 0 Å². The molecule has 0 saturated carbocycles. The van der Waals surface area contributed by atoms with E-state index in [2.05, 4.69) is 10.3 Å². The zero-order chi connectivity index (χ0) is 23.4. The largest absolute Gasteiger partial charge is 0.384 e. The van der Waals surface area contributed by atoms with Gasteiger partial charge in [0, 0.05) is 14.1 Å². The second-order valence-corrected chi connectivity index (χ2v) is 8.43. The first kappa shape index (κ1) is 23.6. The summed E-state index contributed by atoms with van der Waals surface area (Å²) in [7, 11) is 2.68. The number of para-hydroxylation sites is 2. The van der Waals surface area contributed by atoms with Gasteiger partial charge in [-0.3, -0.25) is 18.7 Å². The maximum atomic E-state index is 12.9. The number of nitrogens with zero attached hydrogens (tertiary/aromatic N) is 3. The lowest BCUT2D eigenvalue weighted by Crippen LogP contribution is -2.41. The highest BCUT2D eigenvalue weighted by Crippen LogP contribution is 2.28. The van der Waals surface area contributed by atoms with Crippen LogP contribution in [-0.2, 0) is 14.1 Å². The number of nitrogens with two attached hydrogens (primary N) is 1. The van der Waals surface area contributed by atoms with Gasteiger partial charge in [-0.2, -0.15) is 0 Å². The Labute approximate surface area is 197 Å². The number of nitrogen functional groups attached to an aromatic ring is 1. The van der Waals surface area contributed by atoms with Crippen LogP contribution < -0.4 is 22.3 Å². The van der Waals surface area contributed by atoms with Gasteiger partial charge in [-0.05, 0) is 24.3 Å². The SMILES string of the molecule is Cn1c(N)c(C(=O)CSC(=Nc2ccccc2Cl)Nc2ccccc2Cl)c(=O)n(C)c1=O. The van der Waals surface area contributed by atoms with Crippen LogP contribution in [-0.4, -0.2) is 25.8 Å². The van der Waals surface area contributed by atoms with Gasteiger partial charge >= 0.3 is 5.69 Å². The molecule has 0 aliphatic carbocycles. The van der Waals surface area contributed by atoms with Crippen molar-refractivity contribution < 1.29 is 4.79 Å². The van der Waals surface area contributed by atoms with E-state index in [1.165, 1.54) is 14.1 Å². The number of ketones is 1. The molecule has 0 amide bonds. The molecule has 0 spiro atoms. The minimum atomic E-state index is -0.750. The second-order valence-electron chi connectivity index (χ2n) is 6.65. The number of hydrogen-bond acceptors (Lipinski definition) is 6. The van der Waals surface area contributed by atoms with E-state index >= 15 is 0 Å². The number of anilines is 2. The zero-order valence-electron chi connectivity index (χ0n) is 17.1. The van der Waals surface area contributed by atoms with Crippen LogP contribution in [0.1, 0.15) is 10.4 Å². The summed E-state index contributed by atoms with van der Waals surface area (Å²) in [4.78, 5) is 41.9. The minimum absolute atomic E-state index is 0.168. The monoisotopic (exact) mass is 491 g/mol. The quantitative estimate of drug-likeness (QED) is 0.319.